The Kier molecular flexibility index (Phi) is 4.23. The van der Waals surface area contributed by atoms with Crippen LogP contribution in [0.15, 0.2) is 28.7 Å². The quantitative estimate of drug-likeness (QED) is 0.925. The van der Waals surface area contributed by atoms with E-state index in [1.807, 2.05) is 12.1 Å². The van der Waals surface area contributed by atoms with E-state index in [-0.39, 0.29) is 5.92 Å². The fraction of sp³-hybridized carbons (Fsp3) is 0.571. The van der Waals surface area contributed by atoms with Crippen molar-refractivity contribution in [3.05, 3.63) is 34.3 Å². The lowest BCUT2D eigenvalue weighted by molar-refractivity contribution is -0.0248. The van der Waals surface area contributed by atoms with E-state index in [2.05, 4.69) is 35.0 Å². The van der Waals surface area contributed by atoms with Crippen LogP contribution < -0.4 is 0 Å². The Morgan fingerprint density at radius 2 is 2.12 bits per heavy atom. The Labute approximate surface area is 111 Å². The SMILES string of the molecule is CCC(O)(Cc1ccc(Br)cc1)C1CCOC1. The van der Waals surface area contributed by atoms with Crippen LogP contribution in [0.5, 0.6) is 0 Å². The van der Waals surface area contributed by atoms with Crippen LogP contribution in [-0.2, 0) is 11.2 Å². The molecule has 2 nitrogen and oxygen atoms in total. The molecule has 94 valence electrons. The Morgan fingerprint density at radius 3 is 2.65 bits per heavy atom. The van der Waals surface area contributed by atoms with Crippen LogP contribution in [0.3, 0.4) is 0 Å². The molecule has 3 heteroatoms. The molecule has 1 saturated heterocycles. The molecule has 0 radical (unpaired) electrons. The smallest absolute Gasteiger partial charge is 0.0736 e. The summed E-state index contributed by atoms with van der Waals surface area (Å²) in [5.74, 6) is 0.274. The second-order valence-electron chi connectivity index (χ2n) is 4.82. The molecule has 0 aromatic heterocycles. The standard InChI is InChI=1S/C14H19BrO2/c1-2-14(16,12-7-8-17-10-12)9-11-3-5-13(15)6-4-11/h3-6,12,16H,2,7-10H2,1H3. The fourth-order valence-electron chi connectivity index (χ4n) is 2.47. The Morgan fingerprint density at radius 1 is 1.41 bits per heavy atom. The molecule has 2 rings (SSSR count). The maximum Gasteiger partial charge on any atom is 0.0736 e. The van der Waals surface area contributed by atoms with Gasteiger partial charge in [-0.1, -0.05) is 35.0 Å². The molecule has 0 bridgehead atoms. The van der Waals surface area contributed by atoms with Gasteiger partial charge in [-0.2, -0.15) is 0 Å². The molecule has 0 spiro atoms. The van der Waals surface area contributed by atoms with E-state index in [0.717, 1.165) is 23.9 Å². The molecule has 0 aliphatic carbocycles. The van der Waals surface area contributed by atoms with Crippen LogP contribution in [0.1, 0.15) is 25.3 Å². The monoisotopic (exact) mass is 298 g/mol. The first-order valence-electron chi connectivity index (χ1n) is 6.18. The van der Waals surface area contributed by atoms with Crippen molar-refractivity contribution < 1.29 is 9.84 Å². The molecule has 0 saturated carbocycles. The highest BCUT2D eigenvalue weighted by molar-refractivity contribution is 9.10. The van der Waals surface area contributed by atoms with Gasteiger partial charge in [-0.15, -0.1) is 0 Å². The van der Waals surface area contributed by atoms with Gasteiger partial charge >= 0.3 is 0 Å². The first-order valence-corrected chi connectivity index (χ1v) is 6.98. The molecule has 1 aromatic rings. The van der Waals surface area contributed by atoms with Gasteiger partial charge in [-0.05, 0) is 30.5 Å². The number of hydrogen-bond acceptors (Lipinski definition) is 2. The third-order valence-corrected chi connectivity index (χ3v) is 4.25. The topological polar surface area (TPSA) is 29.5 Å². The molecule has 1 aliphatic rings. The molecular formula is C14H19BrO2. The van der Waals surface area contributed by atoms with Crippen molar-refractivity contribution in [1.29, 1.82) is 0 Å². The summed E-state index contributed by atoms with van der Waals surface area (Å²) in [5.41, 5.74) is 0.564. The molecule has 17 heavy (non-hydrogen) atoms. The third-order valence-electron chi connectivity index (χ3n) is 3.73. The third kappa shape index (κ3) is 3.09. The van der Waals surface area contributed by atoms with E-state index < -0.39 is 5.60 Å². The van der Waals surface area contributed by atoms with Gasteiger partial charge in [0.25, 0.3) is 0 Å². The Balaban J connectivity index is 2.10. The number of rotatable bonds is 4. The molecule has 2 atom stereocenters. The molecule has 2 unspecified atom stereocenters. The summed E-state index contributed by atoms with van der Waals surface area (Å²) in [6.45, 7) is 3.53. The van der Waals surface area contributed by atoms with Gasteiger partial charge in [-0.25, -0.2) is 0 Å². The lowest BCUT2D eigenvalue weighted by atomic mass is 9.80. The van der Waals surface area contributed by atoms with Crippen LogP contribution in [0, 0.1) is 5.92 Å². The molecular weight excluding hydrogens is 280 g/mol. The number of halogens is 1. The average molecular weight is 299 g/mol. The zero-order valence-corrected chi connectivity index (χ0v) is 11.7. The highest BCUT2D eigenvalue weighted by Crippen LogP contribution is 2.32. The van der Waals surface area contributed by atoms with E-state index in [0.29, 0.717) is 13.0 Å². The molecule has 1 aromatic carbocycles. The molecule has 1 heterocycles. The van der Waals surface area contributed by atoms with Gasteiger partial charge in [0.1, 0.15) is 0 Å². The lowest BCUT2D eigenvalue weighted by Crippen LogP contribution is -2.40. The van der Waals surface area contributed by atoms with Gasteiger partial charge in [-0.3, -0.25) is 0 Å². The van der Waals surface area contributed by atoms with Crippen LogP contribution in [0.4, 0.5) is 0 Å². The van der Waals surface area contributed by atoms with Crippen LogP contribution in [-0.4, -0.2) is 23.9 Å². The summed E-state index contributed by atoms with van der Waals surface area (Å²) in [5, 5.41) is 10.8. The predicted octanol–water partition coefficient (Wildman–Crippen LogP) is 3.17. The number of benzene rings is 1. The summed E-state index contributed by atoms with van der Waals surface area (Å²) < 4.78 is 6.47. The van der Waals surface area contributed by atoms with Gasteiger partial charge < -0.3 is 9.84 Å². The van der Waals surface area contributed by atoms with Gasteiger partial charge in [0.2, 0.25) is 0 Å². The molecule has 1 N–H and O–H groups in total. The second-order valence-corrected chi connectivity index (χ2v) is 5.74. The fourth-order valence-corrected chi connectivity index (χ4v) is 2.74. The van der Waals surface area contributed by atoms with Crippen LogP contribution in [0.2, 0.25) is 0 Å². The van der Waals surface area contributed by atoms with Crippen molar-refractivity contribution in [2.45, 2.75) is 31.8 Å². The largest absolute Gasteiger partial charge is 0.389 e. The van der Waals surface area contributed by atoms with Crippen LogP contribution in [0.25, 0.3) is 0 Å². The normalized spacial score (nSPS) is 23.6. The Bertz CT molecular complexity index is 357. The summed E-state index contributed by atoms with van der Waals surface area (Å²) in [4.78, 5) is 0. The zero-order valence-electron chi connectivity index (χ0n) is 10.2. The van der Waals surface area contributed by atoms with E-state index in [1.165, 1.54) is 5.56 Å². The maximum atomic E-state index is 10.8. The van der Waals surface area contributed by atoms with Crippen molar-refractivity contribution >= 4 is 15.9 Å². The summed E-state index contributed by atoms with van der Waals surface area (Å²) in [6.07, 6.45) is 2.46. The highest BCUT2D eigenvalue weighted by atomic mass is 79.9. The second kappa shape index (κ2) is 5.51. The first kappa shape index (κ1) is 13.1. The summed E-state index contributed by atoms with van der Waals surface area (Å²) in [7, 11) is 0. The lowest BCUT2D eigenvalue weighted by Gasteiger charge is -2.32. The van der Waals surface area contributed by atoms with Crippen molar-refractivity contribution in [2.75, 3.05) is 13.2 Å². The predicted molar refractivity (Wildman–Crippen MR) is 72.0 cm³/mol. The number of ether oxygens (including phenoxy) is 1. The highest BCUT2D eigenvalue weighted by Gasteiger charge is 2.37. The van der Waals surface area contributed by atoms with Gasteiger partial charge in [0.15, 0.2) is 0 Å². The van der Waals surface area contributed by atoms with E-state index in [9.17, 15) is 5.11 Å². The van der Waals surface area contributed by atoms with E-state index >= 15 is 0 Å². The van der Waals surface area contributed by atoms with Gasteiger partial charge in [0.05, 0.1) is 12.2 Å². The maximum absolute atomic E-state index is 10.8. The molecule has 1 aliphatic heterocycles. The van der Waals surface area contributed by atoms with Gasteiger partial charge in [0, 0.05) is 23.4 Å². The van der Waals surface area contributed by atoms with E-state index in [4.69, 9.17) is 4.74 Å². The summed E-state index contributed by atoms with van der Waals surface area (Å²) in [6, 6.07) is 8.19. The van der Waals surface area contributed by atoms with E-state index in [1.54, 1.807) is 0 Å². The average Bonchev–Trinajstić information content (AvgIpc) is 2.86. The Hall–Kier alpha value is -0.380. The minimum atomic E-state index is -0.621. The zero-order chi connectivity index (χ0) is 12.3. The van der Waals surface area contributed by atoms with Crippen molar-refractivity contribution in [3.63, 3.8) is 0 Å². The minimum absolute atomic E-state index is 0.274. The van der Waals surface area contributed by atoms with Crippen molar-refractivity contribution in [3.8, 4) is 0 Å². The number of aliphatic hydroxyl groups is 1. The summed E-state index contributed by atoms with van der Waals surface area (Å²) >= 11 is 3.43. The molecule has 1 fully saturated rings. The number of hydrogen-bond donors (Lipinski definition) is 1. The first-order chi connectivity index (χ1) is 8.14. The minimum Gasteiger partial charge on any atom is -0.389 e. The van der Waals surface area contributed by atoms with Crippen molar-refractivity contribution in [1.82, 2.24) is 0 Å². The van der Waals surface area contributed by atoms with Crippen LogP contribution >= 0.6 is 15.9 Å². The molecule has 0 amide bonds. The van der Waals surface area contributed by atoms with Crippen molar-refractivity contribution in [2.24, 2.45) is 5.92 Å².